The Morgan fingerprint density at radius 2 is 0.765 bits per heavy atom. The van der Waals surface area contributed by atoms with Crippen molar-refractivity contribution >= 4 is 52.9 Å². The Hall–Kier alpha value is -4.17. The van der Waals surface area contributed by atoms with Gasteiger partial charge in [-0.25, -0.2) is 4.79 Å². The Labute approximate surface area is 300 Å². The van der Waals surface area contributed by atoms with E-state index in [-0.39, 0.29) is 13.1 Å². The number of aliphatic carboxylic acids is 1. The van der Waals surface area contributed by atoms with Crippen molar-refractivity contribution in [3.8, 4) is 0 Å². The summed E-state index contributed by atoms with van der Waals surface area (Å²) < 4.78 is 0. The van der Waals surface area contributed by atoms with E-state index in [1.807, 2.05) is 20.8 Å². The Morgan fingerprint density at radius 3 is 1.02 bits per heavy atom. The van der Waals surface area contributed by atoms with Gasteiger partial charge in [0.15, 0.2) is 0 Å². The number of carbonyl (C=O) groups is 9. The average Bonchev–Trinajstić information content (AvgIpc) is 3.90. The second-order valence-electron chi connectivity index (χ2n) is 15.5. The number of amides is 5. The van der Waals surface area contributed by atoms with E-state index in [0.29, 0.717) is 64.3 Å². The Bertz CT molecular complexity index is 1330. The number of nitrogens with zero attached hydrogens (tertiary/aromatic N) is 3. The quantitative estimate of drug-likeness (QED) is 0.198. The predicted octanol–water partition coefficient (Wildman–Crippen LogP) is 2.19. The van der Waals surface area contributed by atoms with Crippen LogP contribution in [0.4, 0.5) is 0 Å². The van der Waals surface area contributed by atoms with Gasteiger partial charge in [0.2, 0.25) is 17.3 Å². The van der Waals surface area contributed by atoms with E-state index in [0.717, 1.165) is 0 Å². The molecule has 3 N–H and O–H groups in total. The van der Waals surface area contributed by atoms with Gasteiger partial charge in [-0.1, -0.05) is 62.3 Å². The van der Waals surface area contributed by atoms with Crippen LogP contribution in [0.5, 0.6) is 0 Å². The summed E-state index contributed by atoms with van der Waals surface area (Å²) in [6, 6.07) is -2.56. The number of hydrogen-bond acceptors (Lipinski definition) is 9. The first-order valence-corrected chi connectivity index (χ1v) is 18.0. The number of rotatable bonds is 12. The van der Waals surface area contributed by atoms with Gasteiger partial charge in [0.05, 0.1) is 0 Å². The lowest BCUT2D eigenvalue weighted by Gasteiger charge is -2.29. The van der Waals surface area contributed by atoms with Crippen LogP contribution >= 0.6 is 0 Å². The smallest absolute Gasteiger partial charge is 0.326 e. The number of hydrazine groups is 1. The van der Waals surface area contributed by atoms with E-state index >= 15 is 0 Å². The highest BCUT2D eigenvalue weighted by atomic mass is 16.4. The average molecular weight is 720 g/mol. The third-order valence-electron chi connectivity index (χ3n) is 10.8. The number of carbonyl (C=O) groups excluding carboxylic acids is 8. The fraction of sp³-hybridized carbons (Fsp3) is 0.750. The molecule has 0 aromatic carbocycles. The monoisotopic (exact) mass is 719 g/mol. The van der Waals surface area contributed by atoms with Crippen LogP contribution in [-0.2, 0) is 43.2 Å². The Balaban J connectivity index is 0.000000444. The molecule has 0 aliphatic carbocycles. The maximum absolute atomic E-state index is 12.7. The van der Waals surface area contributed by atoms with Gasteiger partial charge in [0.25, 0.3) is 29.5 Å². The third-order valence-corrected chi connectivity index (χ3v) is 10.8. The van der Waals surface area contributed by atoms with Crippen molar-refractivity contribution in [3.63, 3.8) is 0 Å². The van der Waals surface area contributed by atoms with Crippen LogP contribution in [0.1, 0.15) is 120 Å². The number of carboxylic acids is 1. The zero-order chi connectivity index (χ0) is 39.1. The summed E-state index contributed by atoms with van der Waals surface area (Å²) in [5.74, 6) is -5.84. The van der Waals surface area contributed by atoms with E-state index in [2.05, 4.69) is 10.9 Å². The highest BCUT2D eigenvalue weighted by Gasteiger charge is 2.44. The molecule has 3 saturated heterocycles. The van der Waals surface area contributed by atoms with Crippen LogP contribution < -0.4 is 10.9 Å². The van der Waals surface area contributed by atoms with Gasteiger partial charge in [-0.2, -0.15) is 0 Å². The molecule has 3 heterocycles. The summed E-state index contributed by atoms with van der Waals surface area (Å²) in [5.41, 5.74) is 2.32. The normalized spacial score (nSPS) is 20.6. The SMILES string of the molecule is CCC(C)(C)C(=O)C(=O)N1CCC[C@@H]1C(=O)NNC(=O)[C@H]1CCCN1C(=O)C(=O)C(C)(C)CC.CCC(C)(C)C(=O)C(=O)N1CCC[C@@H]1C(=O)O. The van der Waals surface area contributed by atoms with Crippen molar-refractivity contribution in [1.29, 1.82) is 0 Å². The van der Waals surface area contributed by atoms with Crippen molar-refractivity contribution in [2.24, 2.45) is 16.2 Å². The summed E-state index contributed by atoms with van der Waals surface area (Å²) in [6.07, 6.45) is 4.51. The third kappa shape index (κ3) is 10.0. The second-order valence-corrected chi connectivity index (χ2v) is 15.5. The number of Topliss-reactive ketones (excluding diaryl/α,β-unsaturated/α-hetero) is 3. The minimum Gasteiger partial charge on any atom is -0.480 e. The first-order chi connectivity index (χ1) is 23.6. The molecule has 0 saturated carbocycles. The van der Waals surface area contributed by atoms with Gasteiger partial charge in [-0.05, 0) is 57.8 Å². The molecule has 0 bridgehead atoms. The number of ketones is 3. The van der Waals surface area contributed by atoms with Crippen molar-refractivity contribution in [2.45, 2.75) is 138 Å². The molecule has 0 aromatic rings. The van der Waals surface area contributed by atoms with Crippen LogP contribution in [0, 0.1) is 16.2 Å². The lowest BCUT2D eigenvalue weighted by Crippen LogP contribution is -2.57. The Kier molecular flexibility index (Phi) is 14.6. The molecule has 5 amide bonds. The van der Waals surface area contributed by atoms with Crippen molar-refractivity contribution < 1.29 is 48.3 Å². The minimum absolute atomic E-state index is 0.288. The fourth-order valence-corrected chi connectivity index (χ4v) is 5.86. The summed E-state index contributed by atoms with van der Waals surface area (Å²) in [7, 11) is 0. The van der Waals surface area contributed by atoms with Crippen LogP contribution in [0.3, 0.4) is 0 Å². The van der Waals surface area contributed by atoms with Gasteiger partial charge in [0, 0.05) is 35.9 Å². The van der Waals surface area contributed by atoms with Crippen LogP contribution in [0.2, 0.25) is 0 Å². The number of likely N-dealkylation sites (tertiary alicyclic amines) is 3. The summed E-state index contributed by atoms with van der Waals surface area (Å²) >= 11 is 0. The molecule has 0 unspecified atom stereocenters. The largest absolute Gasteiger partial charge is 0.480 e. The van der Waals surface area contributed by atoms with Crippen LogP contribution in [0.25, 0.3) is 0 Å². The van der Waals surface area contributed by atoms with Crippen LogP contribution in [0.15, 0.2) is 0 Å². The number of hydrogen-bond donors (Lipinski definition) is 3. The molecule has 3 fully saturated rings. The zero-order valence-corrected chi connectivity index (χ0v) is 31.7. The predicted molar refractivity (Wildman–Crippen MR) is 185 cm³/mol. The van der Waals surface area contributed by atoms with Crippen molar-refractivity contribution in [1.82, 2.24) is 25.6 Å². The lowest BCUT2D eigenvalue weighted by atomic mass is 9.84. The molecule has 15 heteroatoms. The minimum atomic E-state index is -1.03. The highest BCUT2D eigenvalue weighted by molar-refractivity contribution is 6.39. The summed E-state index contributed by atoms with van der Waals surface area (Å²) in [4.78, 5) is 115. The highest BCUT2D eigenvalue weighted by Crippen LogP contribution is 2.28. The maximum atomic E-state index is 12.7. The molecular formula is C36H57N5O10. The second kappa shape index (κ2) is 17.4. The summed E-state index contributed by atoms with van der Waals surface area (Å²) in [6.45, 7) is 16.6. The van der Waals surface area contributed by atoms with E-state index in [1.165, 1.54) is 14.7 Å². The number of carboxylic acid groups (broad SMARTS) is 1. The first kappa shape index (κ1) is 43.0. The molecule has 3 atom stereocenters. The Morgan fingerprint density at radius 1 is 0.510 bits per heavy atom. The molecule has 0 radical (unpaired) electrons. The molecule has 51 heavy (non-hydrogen) atoms. The van der Waals surface area contributed by atoms with E-state index < -0.39 is 87.2 Å². The molecule has 3 aliphatic heterocycles. The van der Waals surface area contributed by atoms with Gasteiger partial charge in [0.1, 0.15) is 18.1 Å². The lowest BCUT2D eigenvalue weighted by molar-refractivity contribution is -0.154. The molecule has 0 aromatic heterocycles. The van der Waals surface area contributed by atoms with E-state index in [9.17, 15) is 43.2 Å². The van der Waals surface area contributed by atoms with E-state index in [1.54, 1.807) is 41.5 Å². The number of nitrogens with one attached hydrogen (secondary N) is 2. The molecule has 0 spiro atoms. The van der Waals surface area contributed by atoms with Crippen molar-refractivity contribution in [2.75, 3.05) is 19.6 Å². The van der Waals surface area contributed by atoms with E-state index in [4.69, 9.17) is 5.11 Å². The van der Waals surface area contributed by atoms with Crippen molar-refractivity contribution in [3.05, 3.63) is 0 Å². The zero-order valence-electron chi connectivity index (χ0n) is 31.7. The van der Waals surface area contributed by atoms with Gasteiger partial charge >= 0.3 is 5.97 Å². The maximum Gasteiger partial charge on any atom is 0.326 e. The standard InChI is InChI=1S/C24H38N4O6.C12H19NO4/c1-7-23(3,4)17(29)21(33)27-13-9-11-15(27)19(31)25-26-20(32)16-12-10-14-28(16)22(34)18(30)24(5,6)8-2;1-4-12(2,3)9(14)10(15)13-7-5-6-8(13)11(16)17/h15-16H,7-14H2,1-6H3,(H,25,31)(H,26,32);8H,4-7H2,1-3H3,(H,16,17)/t15-,16-;8-/m11/s1. The van der Waals surface area contributed by atoms with Gasteiger partial charge in [-0.3, -0.25) is 49.2 Å². The topological polar surface area (TPSA) is 208 Å². The first-order valence-electron chi connectivity index (χ1n) is 18.0. The fourth-order valence-electron chi connectivity index (χ4n) is 5.86. The summed E-state index contributed by atoms with van der Waals surface area (Å²) in [5, 5.41) is 8.97. The molecule has 3 rings (SSSR count). The molecule has 286 valence electrons. The van der Waals surface area contributed by atoms with Gasteiger partial charge in [-0.15, -0.1) is 0 Å². The molecule has 3 aliphatic rings. The molecule has 15 nitrogen and oxygen atoms in total. The van der Waals surface area contributed by atoms with Crippen LogP contribution in [-0.4, -0.2) is 110 Å². The van der Waals surface area contributed by atoms with Gasteiger partial charge < -0.3 is 19.8 Å². The molecular weight excluding hydrogens is 662 g/mol.